The third-order valence-corrected chi connectivity index (χ3v) is 2.54. The first-order valence-electron chi connectivity index (χ1n) is 5.67. The van der Waals surface area contributed by atoms with Gasteiger partial charge >= 0.3 is 5.97 Å². The van der Waals surface area contributed by atoms with Gasteiger partial charge in [0.05, 0.1) is 6.20 Å². The van der Waals surface area contributed by atoms with Crippen molar-refractivity contribution >= 4 is 17.1 Å². The van der Waals surface area contributed by atoms with Crippen molar-refractivity contribution < 1.29 is 14.6 Å². The summed E-state index contributed by atoms with van der Waals surface area (Å²) in [5.41, 5.74) is 1.07. The molecule has 0 aliphatic rings. The molecule has 0 spiro atoms. The molecule has 0 amide bonds. The number of ether oxygens (including phenoxy) is 1. The van der Waals surface area contributed by atoms with Crippen molar-refractivity contribution in [3.8, 4) is 11.6 Å². The zero-order chi connectivity index (χ0) is 13.9. The van der Waals surface area contributed by atoms with Gasteiger partial charge in [0.2, 0.25) is 5.88 Å². The highest BCUT2D eigenvalue weighted by molar-refractivity contribution is 5.90. The van der Waals surface area contributed by atoms with Crippen LogP contribution in [0.4, 0.5) is 0 Å². The Morgan fingerprint density at radius 2 is 1.95 bits per heavy atom. The highest BCUT2D eigenvalue weighted by Crippen LogP contribution is 2.23. The van der Waals surface area contributed by atoms with Gasteiger partial charge in [0, 0.05) is 24.7 Å². The molecule has 3 aromatic rings. The summed E-state index contributed by atoms with van der Waals surface area (Å²) in [5.74, 6) is -0.743. The molecule has 7 heteroatoms. The number of hydrogen-bond acceptors (Lipinski definition) is 6. The van der Waals surface area contributed by atoms with E-state index in [0.717, 1.165) is 0 Å². The van der Waals surface area contributed by atoms with Crippen LogP contribution in [0.15, 0.2) is 43.0 Å². The molecule has 0 aliphatic heterocycles. The largest absolute Gasteiger partial charge is 0.478 e. The van der Waals surface area contributed by atoms with Crippen molar-refractivity contribution in [2.75, 3.05) is 0 Å². The summed E-state index contributed by atoms with van der Waals surface area (Å²) in [6, 6.07) is 4.65. The van der Waals surface area contributed by atoms with Crippen LogP contribution in [0.25, 0.3) is 11.2 Å². The molecule has 0 aliphatic carbocycles. The molecule has 7 nitrogen and oxygen atoms in total. The van der Waals surface area contributed by atoms with Crippen LogP contribution in [-0.2, 0) is 0 Å². The van der Waals surface area contributed by atoms with Gasteiger partial charge in [0.1, 0.15) is 11.1 Å². The Balaban J connectivity index is 1.99. The number of carboxylic acids is 1. The Morgan fingerprint density at radius 1 is 1.10 bits per heavy atom. The van der Waals surface area contributed by atoms with E-state index in [-0.39, 0.29) is 17.2 Å². The average molecular weight is 268 g/mol. The van der Waals surface area contributed by atoms with Crippen molar-refractivity contribution in [1.29, 1.82) is 0 Å². The summed E-state index contributed by atoms with van der Waals surface area (Å²) in [7, 11) is 0. The summed E-state index contributed by atoms with van der Waals surface area (Å²) < 4.78 is 5.46. The lowest BCUT2D eigenvalue weighted by Crippen LogP contribution is -2.01. The van der Waals surface area contributed by atoms with Gasteiger partial charge in [-0.1, -0.05) is 0 Å². The standard InChI is InChI=1S/C13H8N4O3/c18-13(19)8-3-4-14-7-10(8)20-11-2-1-9-12(17-11)16-6-5-15-9/h1-7H,(H,18,19). The second-order valence-corrected chi connectivity index (χ2v) is 3.83. The molecule has 20 heavy (non-hydrogen) atoms. The second-order valence-electron chi connectivity index (χ2n) is 3.83. The van der Waals surface area contributed by atoms with Gasteiger partial charge in [-0.3, -0.25) is 9.97 Å². The van der Waals surface area contributed by atoms with Crippen molar-refractivity contribution in [3.05, 3.63) is 48.5 Å². The van der Waals surface area contributed by atoms with E-state index < -0.39 is 5.97 Å². The summed E-state index contributed by atoms with van der Waals surface area (Å²) in [4.78, 5) is 27.2. The van der Waals surface area contributed by atoms with E-state index in [1.165, 1.54) is 24.7 Å². The number of carbonyl (C=O) groups is 1. The highest BCUT2D eigenvalue weighted by Gasteiger charge is 2.12. The minimum atomic E-state index is -1.09. The molecule has 0 bridgehead atoms. The maximum absolute atomic E-state index is 11.1. The normalized spacial score (nSPS) is 10.4. The average Bonchev–Trinajstić information content (AvgIpc) is 2.47. The number of aromatic nitrogens is 4. The molecule has 3 aromatic heterocycles. The quantitative estimate of drug-likeness (QED) is 0.774. The summed E-state index contributed by atoms with van der Waals surface area (Å²) in [5, 5.41) is 9.06. The van der Waals surface area contributed by atoms with Gasteiger partial charge in [0.15, 0.2) is 11.4 Å². The van der Waals surface area contributed by atoms with Gasteiger partial charge < -0.3 is 9.84 Å². The van der Waals surface area contributed by atoms with E-state index in [9.17, 15) is 4.79 Å². The Morgan fingerprint density at radius 3 is 2.80 bits per heavy atom. The fraction of sp³-hybridized carbons (Fsp3) is 0. The van der Waals surface area contributed by atoms with E-state index in [1.807, 2.05) is 0 Å². The number of rotatable bonds is 3. The van der Waals surface area contributed by atoms with Crippen LogP contribution in [0.5, 0.6) is 11.6 Å². The van der Waals surface area contributed by atoms with Gasteiger partial charge in [-0.05, 0) is 12.1 Å². The Kier molecular flexibility index (Phi) is 2.92. The Labute approximate surface area is 112 Å². The molecule has 0 atom stereocenters. The minimum Gasteiger partial charge on any atom is -0.478 e. The van der Waals surface area contributed by atoms with Gasteiger partial charge in [-0.25, -0.2) is 9.78 Å². The topological polar surface area (TPSA) is 98.1 Å². The number of fused-ring (bicyclic) bond motifs is 1. The number of pyridine rings is 2. The maximum Gasteiger partial charge on any atom is 0.339 e. The monoisotopic (exact) mass is 268 g/mol. The third-order valence-electron chi connectivity index (χ3n) is 2.54. The molecular weight excluding hydrogens is 260 g/mol. The number of nitrogens with zero attached hydrogens (tertiary/aromatic N) is 4. The van der Waals surface area contributed by atoms with Crippen LogP contribution in [0.1, 0.15) is 10.4 Å². The van der Waals surface area contributed by atoms with Crippen molar-refractivity contribution in [2.45, 2.75) is 0 Å². The van der Waals surface area contributed by atoms with Gasteiger partial charge in [-0.2, -0.15) is 4.98 Å². The number of hydrogen-bond donors (Lipinski definition) is 1. The van der Waals surface area contributed by atoms with Crippen LogP contribution in [0.3, 0.4) is 0 Å². The molecule has 1 N–H and O–H groups in total. The predicted octanol–water partition coefficient (Wildman–Crippen LogP) is 1.91. The molecule has 3 heterocycles. The molecule has 0 unspecified atom stereocenters. The molecule has 0 saturated heterocycles. The zero-order valence-corrected chi connectivity index (χ0v) is 10.1. The number of aromatic carboxylic acids is 1. The molecule has 0 radical (unpaired) electrons. The summed E-state index contributed by atoms with van der Waals surface area (Å²) in [6.45, 7) is 0. The van der Waals surface area contributed by atoms with Crippen LogP contribution in [0.2, 0.25) is 0 Å². The van der Waals surface area contributed by atoms with Crippen LogP contribution in [0, 0.1) is 0 Å². The molecule has 0 fully saturated rings. The first kappa shape index (κ1) is 12.0. The summed E-state index contributed by atoms with van der Waals surface area (Å²) >= 11 is 0. The summed E-state index contributed by atoms with van der Waals surface area (Å²) in [6.07, 6.45) is 5.79. The van der Waals surface area contributed by atoms with E-state index in [2.05, 4.69) is 19.9 Å². The highest BCUT2D eigenvalue weighted by atomic mass is 16.5. The molecular formula is C13H8N4O3. The first-order valence-corrected chi connectivity index (χ1v) is 5.67. The molecule has 0 saturated carbocycles. The van der Waals surface area contributed by atoms with E-state index in [4.69, 9.17) is 9.84 Å². The van der Waals surface area contributed by atoms with Gasteiger partial charge in [-0.15, -0.1) is 0 Å². The fourth-order valence-corrected chi connectivity index (χ4v) is 1.64. The molecule has 0 aromatic carbocycles. The lowest BCUT2D eigenvalue weighted by molar-refractivity contribution is 0.0694. The molecule has 98 valence electrons. The maximum atomic E-state index is 11.1. The van der Waals surface area contributed by atoms with Crippen LogP contribution in [-0.4, -0.2) is 31.0 Å². The van der Waals surface area contributed by atoms with Crippen molar-refractivity contribution in [1.82, 2.24) is 19.9 Å². The predicted molar refractivity (Wildman–Crippen MR) is 68.6 cm³/mol. The first-order chi connectivity index (χ1) is 9.74. The van der Waals surface area contributed by atoms with E-state index >= 15 is 0 Å². The van der Waals surface area contributed by atoms with E-state index in [1.54, 1.807) is 18.3 Å². The lowest BCUT2D eigenvalue weighted by atomic mass is 10.2. The second kappa shape index (κ2) is 4.88. The van der Waals surface area contributed by atoms with Gasteiger partial charge in [0.25, 0.3) is 0 Å². The fourth-order valence-electron chi connectivity index (χ4n) is 1.64. The Bertz CT molecular complexity index is 791. The third kappa shape index (κ3) is 2.24. The van der Waals surface area contributed by atoms with E-state index in [0.29, 0.717) is 11.2 Å². The number of carboxylic acid groups (broad SMARTS) is 1. The lowest BCUT2D eigenvalue weighted by Gasteiger charge is -2.07. The minimum absolute atomic E-state index is 0.0149. The van der Waals surface area contributed by atoms with Crippen LogP contribution < -0.4 is 4.74 Å². The van der Waals surface area contributed by atoms with Crippen molar-refractivity contribution in [3.63, 3.8) is 0 Å². The van der Waals surface area contributed by atoms with Crippen molar-refractivity contribution in [2.24, 2.45) is 0 Å². The van der Waals surface area contributed by atoms with Crippen LogP contribution >= 0.6 is 0 Å². The molecule has 3 rings (SSSR count). The smallest absolute Gasteiger partial charge is 0.339 e. The Hall–Kier alpha value is -3.09. The SMILES string of the molecule is O=C(O)c1ccncc1Oc1ccc2nccnc2n1. The zero-order valence-electron chi connectivity index (χ0n) is 10.1.